The monoisotopic (exact) mass is 401 g/mol. The minimum absolute atomic E-state index is 0.361. The Bertz CT molecular complexity index is 1130. The molecule has 1 saturated heterocycles. The Morgan fingerprint density at radius 2 is 1.90 bits per heavy atom. The van der Waals surface area contributed by atoms with Crippen LogP contribution in [0.15, 0.2) is 59.4 Å². The predicted octanol–water partition coefficient (Wildman–Crippen LogP) is 3.09. The molecule has 8 nitrogen and oxygen atoms in total. The van der Waals surface area contributed by atoms with Crippen molar-refractivity contribution in [2.45, 2.75) is 25.3 Å². The number of hydrogen-bond donors (Lipinski definition) is 2. The van der Waals surface area contributed by atoms with Crippen molar-refractivity contribution in [2.75, 3.05) is 18.8 Å². The van der Waals surface area contributed by atoms with Gasteiger partial charge in [-0.05, 0) is 37.6 Å². The lowest BCUT2D eigenvalue weighted by atomic mass is 10.1. The van der Waals surface area contributed by atoms with Crippen molar-refractivity contribution in [1.82, 2.24) is 30.3 Å². The number of nitrogens with one attached hydrogen (secondary N) is 1. The van der Waals surface area contributed by atoms with Crippen LogP contribution < -0.4 is 11.1 Å². The Hall–Kier alpha value is -3.52. The number of aromatic nitrogens is 5. The summed E-state index contributed by atoms with van der Waals surface area (Å²) >= 11 is 0. The molecule has 0 radical (unpaired) electrons. The average Bonchev–Trinajstić information content (AvgIpc) is 3.46. The van der Waals surface area contributed by atoms with Gasteiger partial charge in [-0.3, -0.25) is 4.68 Å². The van der Waals surface area contributed by atoms with E-state index >= 15 is 0 Å². The lowest BCUT2D eigenvalue weighted by Gasteiger charge is -2.22. The number of piperidine rings is 1. The summed E-state index contributed by atoms with van der Waals surface area (Å²) in [5, 5.41) is 16.3. The molecule has 4 heterocycles. The number of rotatable bonds is 5. The van der Waals surface area contributed by atoms with Crippen LogP contribution in [0.3, 0.4) is 0 Å². The van der Waals surface area contributed by atoms with Gasteiger partial charge in [0, 0.05) is 23.5 Å². The van der Waals surface area contributed by atoms with E-state index in [1.165, 1.54) is 0 Å². The first-order valence-electron chi connectivity index (χ1n) is 10.1. The van der Waals surface area contributed by atoms with Crippen molar-refractivity contribution in [3.05, 3.63) is 66.4 Å². The number of nitrogens with two attached hydrogens (primary N) is 1. The zero-order valence-electron chi connectivity index (χ0n) is 16.5. The van der Waals surface area contributed by atoms with Crippen molar-refractivity contribution >= 4 is 5.82 Å². The molecular weight excluding hydrogens is 378 g/mol. The molecule has 1 aliphatic rings. The Morgan fingerprint density at radius 1 is 1.07 bits per heavy atom. The van der Waals surface area contributed by atoms with Gasteiger partial charge in [0.1, 0.15) is 5.82 Å². The molecule has 0 aliphatic carbocycles. The van der Waals surface area contributed by atoms with Gasteiger partial charge >= 0.3 is 0 Å². The lowest BCUT2D eigenvalue weighted by molar-refractivity contribution is 0.343. The minimum atomic E-state index is 0.361. The van der Waals surface area contributed by atoms with Gasteiger partial charge < -0.3 is 15.5 Å². The van der Waals surface area contributed by atoms with Crippen molar-refractivity contribution < 1.29 is 4.42 Å². The molecule has 0 unspecified atom stereocenters. The van der Waals surface area contributed by atoms with Crippen LogP contribution in [0.1, 0.15) is 30.3 Å². The Morgan fingerprint density at radius 3 is 2.73 bits per heavy atom. The molecule has 1 aliphatic heterocycles. The van der Waals surface area contributed by atoms with Crippen molar-refractivity contribution in [1.29, 1.82) is 0 Å². The molecule has 5 rings (SSSR count). The van der Waals surface area contributed by atoms with E-state index in [0.29, 0.717) is 35.6 Å². The fourth-order valence-corrected chi connectivity index (χ4v) is 3.77. The topological polar surface area (TPSA) is 108 Å². The third kappa shape index (κ3) is 3.81. The van der Waals surface area contributed by atoms with Crippen LogP contribution in [0.25, 0.3) is 22.6 Å². The van der Waals surface area contributed by atoms with Crippen molar-refractivity contribution in [2.24, 2.45) is 0 Å². The highest BCUT2D eigenvalue weighted by molar-refractivity contribution is 5.74. The summed E-state index contributed by atoms with van der Waals surface area (Å²) in [5.74, 6) is 1.28. The first-order valence-corrected chi connectivity index (χ1v) is 10.1. The molecular formula is C22H23N7O. The van der Waals surface area contributed by atoms with E-state index in [1.807, 2.05) is 42.6 Å². The van der Waals surface area contributed by atoms with Crippen LogP contribution in [-0.4, -0.2) is 38.1 Å². The zero-order chi connectivity index (χ0) is 20.3. The van der Waals surface area contributed by atoms with E-state index in [-0.39, 0.29) is 0 Å². The summed E-state index contributed by atoms with van der Waals surface area (Å²) in [5.41, 5.74) is 9.77. The second-order valence-electron chi connectivity index (χ2n) is 7.51. The van der Waals surface area contributed by atoms with Crippen molar-refractivity contribution in [3.63, 3.8) is 0 Å². The summed E-state index contributed by atoms with van der Waals surface area (Å²) < 4.78 is 7.93. The quantitative estimate of drug-likeness (QED) is 0.529. The van der Waals surface area contributed by atoms with Gasteiger partial charge in [-0.25, -0.2) is 4.98 Å². The number of benzene rings is 1. The normalized spacial score (nSPS) is 14.8. The number of nitrogen functional groups attached to an aromatic ring is 1. The van der Waals surface area contributed by atoms with E-state index in [9.17, 15) is 0 Å². The van der Waals surface area contributed by atoms with E-state index in [4.69, 9.17) is 10.2 Å². The van der Waals surface area contributed by atoms with E-state index in [0.717, 1.165) is 42.6 Å². The molecule has 0 amide bonds. The smallest absolute Gasteiger partial charge is 0.251 e. The van der Waals surface area contributed by atoms with Crippen LogP contribution in [0, 0.1) is 0 Å². The molecule has 0 saturated carbocycles. The van der Waals surface area contributed by atoms with Gasteiger partial charge in [-0.2, -0.15) is 5.10 Å². The highest BCUT2D eigenvalue weighted by Gasteiger charge is 2.18. The van der Waals surface area contributed by atoms with Gasteiger partial charge in [-0.15, -0.1) is 10.2 Å². The fourth-order valence-electron chi connectivity index (χ4n) is 3.77. The molecule has 0 spiro atoms. The van der Waals surface area contributed by atoms with Gasteiger partial charge in [0.05, 0.1) is 24.2 Å². The fraction of sp³-hybridized carbons (Fsp3) is 0.273. The van der Waals surface area contributed by atoms with Crippen molar-refractivity contribution in [3.8, 4) is 22.6 Å². The number of nitrogens with zero attached hydrogens (tertiary/aromatic N) is 5. The number of anilines is 1. The molecule has 30 heavy (non-hydrogen) atoms. The average molecular weight is 401 g/mol. The first-order chi connectivity index (χ1) is 14.8. The second-order valence-corrected chi connectivity index (χ2v) is 7.51. The Kier molecular flexibility index (Phi) is 4.98. The first kappa shape index (κ1) is 18.5. The van der Waals surface area contributed by atoms with E-state index < -0.39 is 0 Å². The molecule has 152 valence electrons. The molecule has 3 N–H and O–H groups in total. The highest BCUT2D eigenvalue weighted by atomic mass is 16.4. The standard InChI is InChI=1S/C22H23N7O/c23-21-19(22-28-27-20(30-22)10-15-4-2-1-3-5-15)11-16(12-25-21)17-13-26-29(14-17)18-6-8-24-9-7-18/h1-5,11-14,18,24H,6-10H2,(H2,23,25). The Labute approximate surface area is 174 Å². The molecule has 1 fully saturated rings. The van der Waals surface area contributed by atoms with Crippen LogP contribution in [-0.2, 0) is 6.42 Å². The summed E-state index contributed by atoms with van der Waals surface area (Å²) in [6, 6.07) is 12.4. The van der Waals surface area contributed by atoms with E-state index in [2.05, 4.69) is 36.5 Å². The number of hydrogen-bond acceptors (Lipinski definition) is 7. The highest BCUT2D eigenvalue weighted by Crippen LogP contribution is 2.30. The van der Waals surface area contributed by atoms with Gasteiger partial charge in [0.15, 0.2) is 0 Å². The lowest BCUT2D eigenvalue weighted by Crippen LogP contribution is -2.29. The molecule has 1 aromatic carbocycles. The van der Waals surface area contributed by atoms with Crippen LogP contribution in [0.5, 0.6) is 0 Å². The van der Waals surface area contributed by atoms with Gasteiger partial charge in [0.2, 0.25) is 5.89 Å². The molecule has 4 aromatic rings. The van der Waals surface area contributed by atoms with E-state index in [1.54, 1.807) is 6.20 Å². The third-order valence-corrected chi connectivity index (χ3v) is 5.43. The van der Waals surface area contributed by atoms with Crippen LogP contribution >= 0.6 is 0 Å². The predicted molar refractivity (Wildman–Crippen MR) is 114 cm³/mol. The summed E-state index contributed by atoms with van der Waals surface area (Å²) in [6.07, 6.45) is 8.43. The minimum Gasteiger partial charge on any atom is -0.420 e. The molecule has 0 bridgehead atoms. The summed E-state index contributed by atoms with van der Waals surface area (Å²) in [6.45, 7) is 2.05. The second kappa shape index (κ2) is 8.08. The molecule has 0 atom stereocenters. The van der Waals surface area contributed by atoms with Crippen LogP contribution in [0.2, 0.25) is 0 Å². The Balaban J connectivity index is 1.40. The number of pyridine rings is 1. The summed E-state index contributed by atoms with van der Waals surface area (Å²) in [4.78, 5) is 4.35. The summed E-state index contributed by atoms with van der Waals surface area (Å²) in [7, 11) is 0. The zero-order valence-corrected chi connectivity index (χ0v) is 16.5. The largest absolute Gasteiger partial charge is 0.420 e. The maximum Gasteiger partial charge on any atom is 0.251 e. The van der Waals surface area contributed by atoms with Crippen LogP contribution in [0.4, 0.5) is 5.82 Å². The maximum atomic E-state index is 6.12. The van der Waals surface area contributed by atoms with Gasteiger partial charge in [-0.1, -0.05) is 30.3 Å². The molecule has 8 heteroatoms. The van der Waals surface area contributed by atoms with Gasteiger partial charge in [0.25, 0.3) is 5.89 Å². The molecule has 3 aromatic heterocycles. The third-order valence-electron chi connectivity index (χ3n) is 5.43. The SMILES string of the molecule is Nc1ncc(-c2cnn(C3CCNCC3)c2)cc1-c1nnc(Cc2ccccc2)o1. The maximum absolute atomic E-state index is 6.12.